The molecule has 5 heteroatoms. The number of rotatable bonds is 8. The molecule has 0 fully saturated rings. The van der Waals surface area contributed by atoms with E-state index in [9.17, 15) is 4.79 Å². The predicted molar refractivity (Wildman–Crippen MR) is 86.5 cm³/mol. The first-order valence-corrected chi connectivity index (χ1v) is 7.80. The Morgan fingerprint density at radius 3 is 2.14 bits per heavy atom. The van der Waals surface area contributed by atoms with Gasteiger partial charge in [0.2, 0.25) is 0 Å². The van der Waals surface area contributed by atoms with Gasteiger partial charge in [0.25, 0.3) is 0 Å². The van der Waals surface area contributed by atoms with Crippen molar-refractivity contribution in [2.75, 3.05) is 13.7 Å². The summed E-state index contributed by atoms with van der Waals surface area (Å²) in [5.41, 5.74) is -0.469. The van der Waals surface area contributed by atoms with E-state index in [4.69, 9.17) is 9.47 Å². The highest BCUT2D eigenvalue weighted by molar-refractivity contribution is 5.67. The molecule has 0 bridgehead atoms. The highest BCUT2D eigenvalue weighted by Gasteiger charge is 2.20. The zero-order valence-electron chi connectivity index (χ0n) is 14.9. The third-order valence-corrected chi connectivity index (χ3v) is 3.22. The maximum atomic E-state index is 11.7. The first-order chi connectivity index (χ1) is 9.55. The minimum Gasteiger partial charge on any atom is -0.444 e. The largest absolute Gasteiger partial charge is 0.444 e. The minimum absolute atomic E-state index is 0.126. The Balaban J connectivity index is 4.39. The van der Waals surface area contributed by atoms with Crippen molar-refractivity contribution in [2.45, 2.75) is 78.7 Å². The van der Waals surface area contributed by atoms with Crippen LogP contribution in [0.2, 0.25) is 0 Å². The van der Waals surface area contributed by atoms with Gasteiger partial charge in [-0.15, -0.1) is 0 Å². The van der Waals surface area contributed by atoms with E-state index in [1.54, 1.807) is 7.11 Å². The number of hydrogen-bond donors (Lipinski definition) is 2. The van der Waals surface area contributed by atoms with Crippen molar-refractivity contribution in [2.24, 2.45) is 5.92 Å². The van der Waals surface area contributed by atoms with Gasteiger partial charge in [0.1, 0.15) is 5.60 Å². The topological polar surface area (TPSA) is 59.6 Å². The van der Waals surface area contributed by atoms with Gasteiger partial charge in [0.15, 0.2) is 0 Å². The molecule has 0 rings (SSSR count). The Bertz CT molecular complexity index is 300. The molecule has 126 valence electrons. The molecule has 0 aliphatic heterocycles. The molecule has 0 spiro atoms. The average molecular weight is 302 g/mol. The summed E-state index contributed by atoms with van der Waals surface area (Å²) < 4.78 is 10.6. The molecule has 3 atom stereocenters. The van der Waals surface area contributed by atoms with Crippen molar-refractivity contribution >= 4 is 6.09 Å². The number of carbonyl (C=O) groups excluding carboxylic acids is 1. The second-order valence-electron chi connectivity index (χ2n) is 7.11. The number of alkyl carbamates (subject to hydrolysis) is 1. The lowest BCUT2D eigenvalue weighted by Gasteiger charge is -2.28. The Morgan fingerprint density at radius 1 is 1.14 bits per heavy atom. The van der Waals surface area contributed by atoms with Crippen LogP contribution in [0.5, 0.6) is 0 Å². The second-order valence-corrected chi connectivity index (χ2v) is 7.11. The summed E-state index contributed by atoms with van der Waals surface area (Å²) in [5.74, 6) is 0.549. The molecule has 0 aliphatic carbocycles. The molecule has 1 amide bonds. The summed E-state index contributed by atoms with van der Waals surface area (Å²) in [6.07, 6.45) is 0.739. The van der Waals surface area contributed by atoms with Crippen LogP contribution in [0.15, 0.2) is 0 Å². The number of nitrogens with one attached hydrogen (secondary N) is 2. The maximum Gasteiger partial charge on any atom is 0.407 e. The maximum absolute atomic E-state index is 11.7. The lowest BCUT2D eigenvalue weighted by molar-refractivity contribution is 0.0513. The van der Waals surface area contributed by atoms with E-state index in [2.05, 4.69) is 31.4 Å². The fourth-order valence-corrected chi connectivity index (χ4v) is 2.01. The van der Waals surface area contributed by atoms with E-state index in [-0.39, 0.29) is 24.3 Å². The van der Waals surface area contributed by atoms with Crippen molar-refractivity contribution in [3.05, 3.63) is 0 Å². The average Bonchev–Trinajstić information content (AvgIpc) is 2.32. The first-order valence-electron chi connectivity index (χ1n) is 7.80. The van der Waals surface area contributed by atoms with Crippen molar-refractivity contribution in [1.82, 2.24) is 10.6 Å². The van der Waals surface area contributed by atoms with Crippen LogP contribution in [0, 0.1) is 5.92 Å². The third kappa shape index (κ3) is 10.5. The minimum atomic E-state index is -0.469. The van der Waals surface area contributed by atoms with Crippen LogP contribution < -0.4 is 10.6 Å². The van der Waals surface area contributed by atoms with E-state index in [1.165, 1.54) is 0 Å². The normalized spacial score (nSPS) is 16.4. The summed E-state index contributed by atoms with van der Waals surface area (Å²) in [4.78, 5) is 11.7. The van der Waals surface area contributed by atoms with Crippen LogP contribution in [0.25, 0.3) is 0 Å². The first kappa shape index (κ1) is 20.2. The van der Waals surface area contributed by atoms with Gasteiger partial charge >= 0.3 is 6.09 Å². The molecule has 0 aromatic carbocycles. The fraction of sp³-hybridized carbons (Fsp3) is 0.938. The third-order valence-electron chi connectivity index (χ3n) is 3.22. The summed E-state index contributed by atoms with van der Waals surface area (Å²) in [6, 6.07) is 0.421. The quantitative estimate of drug-likeness (QED) is 0.724. The Hall–Kier alpha value is -0.810. The van der Waals surface area contributed by atoms with Gasteiger partial charge < -0.3 is 20.1 Å². The standard InChI is InChI=1S/C16H34N2O3/c1-11(2)9-14(18-12(3)13(4)20-8)10-17-15(19)21-16(5,6)7/h11-14,18H,9-10H2,1-8H3,(H,17,19). The molecule has 0 heterocycles. The highest BCUT2D eigenvalue weighted by atomic mass is 16.6. The summed E-state index contributed by atoms with van der Waals surface area (Å²) >= 11 is 0. The number of ether oxygens (including phenoxy) is 2. The zero-order valence-corrected chi connectivity index (χ0v) is 14.9. The molecular formula is C16H34N2O3. The number of carbonyl (C=O) groups is 1. The molecule has 0 aromatic rings. The summed E-state index contributed by atoms with van der Waals surface area (Å²) in [7, 11) is 1.71. The summed E-state index contributed by atoms with van der Waals surface area (Å²) in [6.45, 7) is 14.6. The summed E-state index contributed by atoms with van der Waals surface area (Å²) in [5, 5.41) is 6.36. The smallest absolute Gasteiger partial charge is 0.407 e. The van der Waals surface area contributed by atoms with E-state index in [0.717, 1.165) is 6.42 Å². The van der Waals surface area contributed by atoms with Gasteiger partial charge in [0.05, 0.1) is 6.10 Å². The van der Waals surface area contributed by atoms with Crippen LogP contribution in [-0.2, 0) is 9.47 Å². The van der Waals surface area contributed by atoms with Crippen molar-refractivity contribution in [1.29, 1.82) is 0 Å². The Morgan fingerprint density at radius 2 is 1.71 bits per heavy atom. The number of hydrogen-bond acceptors (Lipinski definition) is 4. The van der Waals surface area contributed by atoms with E-state index >= 15 is 0 Å². The lowest BCUT2D eigenvalue weighted by atomic mass is 10.0. The number of methoxy groups -OCH3 is 1. The zero-order chi connectivity index (χ0) is 16.6. The monoisotopic (exact) mass is 302 g/mol. The SMILES string of the molecule is COC(C)C(C)NC(CNC(=O)OC(C)(C)C)CC(C)C. The molecular weight excluding hydrogens is 268 g/mol. The van der Waals surface area contributed by atoms with Crippen LogP contribution in [0.1, 0.15) is 54.9 Å². The van der Waals surface area contributed by atoms with Crippen LogP contribution in [0.3, 0.4) is 0 Å². The van der Waals surface area contributed by atoms with E-state index < -0.39 is 5.60 Å². The Labute approximate surface area is 130 Å². The molecule has 0 radical (unpaired) electrons. The van der Waals surface area contributed by atoms with Crippen LogP contribution in [-0.4, -0.2) is 43.5 Å². The van der Waals surface area contributed by atoms with E-state index in [1.807, 2.05) is 27.7 Å². The van der Waals surface area contributed by atoms with Crippen LogP contribution in [0.4, 0.5) is 4.79 Å². The van der Waals surface area contributed by atoms with Crippen molar-refractivity contribution in [3.63, 3.8) is 0 Å². The van der Waals surface area contributed by atoms with Gasteiger partial charge in [-0.25, -0.2) is 4.79 Å². The van der Waals surface area contributed by atoms with Crippen molar-refractivity contribution in [3.8, 4) is 0 Å². The van der Waals surface area contributed by atoms with Gasteiger partial charge in [-0.2, -0.15) is 0 Å². The Kier molecular flexibility index (Phi) is 8.90. The number of amides is 1. The van der Waals surface area contributed by atoms with Gasteiger partial charge in [-0.05, 0) is 47.0 Å². The van der Waals surface area contributed by atoms with E-state index in [0.29, 0.717) is 12.5 Å². The molecule has 0 aliphatic rings. The highest BCUT2D eigenvalue weighted by Crippen LogP contribution is 2.09. The molecule has 2 N–H and O–H groups in total. The lowest BCUT2D eigenvalue weighted by Crippen LogP contribution is -2.49. The molecule has 0 aromatic heterocycles. The van der Waals surface area contributed by atoms with Crippen LogP contribution >= 0.6 is 0 Å². The molecule has 0 saturated heterocycles. The van der Waals surface area contributed by atoms with Gasteiger partial charge in [-0.1, -0.05) is 13.8 Å². The second kappa shape index (κ2) is 9.26. The van der Waals surface area contributed by atoms with Gasteiger partial charge in [0, 0.05) is 25.7 Å². The molecule has 0 saturated carbocycles. The predicted octanol–water partition coefficient (Wildman–Crippen LogP) is 2.94. The van der Waals surface area contributed by atoms with Crippen molar-refractivity contribution < 1.29 is 14.3 Å². The molecule has 5 nitrogen and oxygen atoms in total. The molecule has 3 unspecified atom stereocenters. The fourth-order valence-electron chi connectivity index (χ4n) is 2.01. The molecule has 21 heavy (non-hydrogen) atoms. The van der Waals surface area contributed by atoms with Gasteiger partial charge in [-0.3, -0.25) is 0 Å².